The number of carbonyl (C=O) groups is 1. The Kier molecular flexibility index (Phi) is 5.46. The third kappa shape index (κ3) is 4.55. The van der Waals surface area contributed by atoms with Crippen LogP contribution in [-0.2, 0) is 10.0 Å². The largest absolute Gasteiger partial charge is 0.322 e. The molecular weight excluding hydrogens is 379 g/mol. The lowest BCUT2D eigenvalue weighted by atomic mass is 10.1. The molecule has 0 atom stereocenters. The second-order valence-corrected chi connectivity index (χ2v) is 8.10. The third-order valence-corrected chi connectivity index (χ3v) is 5.53. The molecule has 5 nitrogen and oxygen atoms in total. The van der Waals surface area contributed by atoms with E-state index in [9.17, 15) is 17.6 Å². The van der Waals surface area contributed by atoms with Gasteiger partial charge in [0.2, 0.25) is 0 Å². The molecule has 0 aliphatic rings. The van der Waals surface area contributed by atoms with Gasteiger partial charge in [-0.25, -0.2) is 12.8 Å². The number of nitrogens with one attached hydrogen (secondary N) is 2. The molecule has 0 spiro atoms. The Labute approximate surface area is 163 Å². The van der Waals surface area contributed by atoms with E-state index >= 15 is 0 Å². The Morgan fingerprint density at radius 3 is 2.32 bits per heavy atom. The van der Waals surface area contributed by atoms with E-state index in [1.165, 1.54) is 42.5 Å². The van der Waals surface area contributed by atoms with Crippen molar-refractivity contribution in [2.45, 2.75) is 18.7 Å². The van der Waals surface area contributed by atoms with Gasteiger partial charge in [0.15, 0.2) is 0 Å². The van der Waals surface area contributed by atoms with E-state index in [-0.39, 0.29) is 10.5 Å². The van der Waals surface area contributed by atoms with Gasteiger partial charge in [0, 0.05) is 16.9 Å². The van der Waals surface area contributed by atoms with Crippen molar-refractivity contribution in [1.82, 2.24) is 0 Å². The Morgan fingerprint density at radius 1 is 0.929 bits per heavy atom. The lowest BCUT2D eigenvalue weighted by Crippen LogP contribution is -2.16. The van der Waals surface area contributed by atoms with Crippen molar-refractivity contribution in [3.05, 3.63) is 89.2 Å². The average Bonchev–Trinajstić information content (AvgIpc) is 2.66. The van der Waals surface area contributed by atoms with Crippen LogP contribution in [0.1, 0.15) is 21.5 Å². The fourth-order valence-electron chi connectivity index (χ4n) is 2.60. The van der Waals surface area contributed by atoms with Crippen LogP contribution in [-0.4, -0.2) is 14.3 Å². The summed E-state index contributed by atoms with van der Waals surface area (Å²) in [5.74, 6) is -0.882. The van der Waals surface area contributed by atoms with Crippen LogP contribution in [0.4, 0.5) is 15.8 Å². The Balaban J connectivity index is 1.82. The number of hydrogen-bond donors (Lipinski definition) is 2. The molecule has 3 aromatic carbocycles. The van der Waals surface area contributed by atoms with E-state index in [1.54, 1.807) is 31.2 Å². The van der Waals surface area contributed by atoms with Gasteiger partial charge >= 0.3 is 0 Å². The summed E-state index contributed by atoms with van der Waals surface area (Å²) >= 11 is 0. The molecule has 0 unspecified atom stereocenters. The van der Waals surface area contributed by atoms with Gasteiger partial charge in [0.05, 0.1) is 4.90 Å². The first-order valence-electron chi connectivity index (χ1n) is 8.52. The number of hydrogen-bond acceptors (Lipinski definition) is 3. The second kappa shape index (κ2) is 7.82. The van der Waals surface area contributed by atoms with Crippen molar-refractivity contribution in [2.75, 3.05) is 10.0 Å². The molecule has 0 saturated carbocycles. The van der Waals surface area contributed by atoms with Gasteiger partial charge in [-0.2, -0.15) is 0 Å². The summed E-state index contributed by atoms with van der Waals surface area (Å²) in [5, 5.41) is 2.67. The zero-order chi connectivity index (χ0) is 20.3. The number of aryl methyl sites for hydroxylation is 2. The van der Waals surface area contributed by atoms with Crippen LogP contribution < -0.4 is 10.0 Å². The van der Waals surface area contributed by atoms with Gasteiger partial charge in [0.25, 0.3) is 15.9 Å². The van der Waals surface area contributed by atoms with Gasteiger partial charge in [-0.1, -0.05) is 23.8 Å². The summed E-state index contributed by atoms with van der Waals surface area (Å²) in [5.41, 5.74) is 2.64. The maximum absolute atomic E-state index is 13.2. The quantitative estimate of drug-likeness (QED) is 0.665. The van der Waals surface area contributed by atoms with Crippen molar-refractivity contribution in [2.24, 2.45) is 0 Å². The SMILES string of the molecule is Cc1ccc(NS(=O)(=O)c2cccc(C(=O)Nc3ccc(F)cc3C)c2)cc1. The van der Waals surface area contributed by atoms with Crippen molar-refractivity contribution in [1.29, 1.82) is 0 Å². The molecule has 0 radical (unpaired) electrons. The molecule has 0 aromatic heterocycles. The molecule has 3 aromatic rings. The summed E-state index contributed by atoms with van der Waals surface area (Å²) in [7, 11) is -3.85. The fourth-order valence-corrected chi connectivity index (χ4v) is 3.71. The minimum Gasteiger partial charge on any atom is -0.322 e. The van der Waals surface area contributed by atoms with Crippen LogP contribution in [0, 0.1) is 19.7 Å². The standard InChI is InChI=1S/C21H19FN2O3S/c1-14-6-9-18(10-7-14)24-28(26,27)19-5-3-4-16(13-19)21(25)23-20-11-8-17(22)12-15(20)2/h3-13,24H,1-2H3,(H,23,25). The highest BCUT2D eigenvalue weighted by molar-refractivity contribution is 7.92. The van der Waals surface area contributed by atoms with Crippen LogP contribution in [0.5, 0.6) is 0 Å². The van der Waals surface area contributed by atoms with Crippen LogP contribution in [0.15, 0.2) is 71.6 Å². The molecule has 28 heavy (non-hydrogen) atoms. The van der Waals surface area contributed by atoms with Crippen LogP contribution >= 0.6 is 0 Å². The maximum atomic E-state index is 13.2. The van der Waals surface area contributed by atoms with E-state index in [4.69, 9.17) is 0 Å². The summed E-state index contributed by atoms with van der Waals surface area (Å²) in [4.78, 5) is 12.5. The van der Waals surface area contributed by atoms with Crippen LogP contribution in [0.2, 0.25) is 0 Å². The second-order valence-electron chi connectivity index (χ2n) is 6.41. The van der Waals surface area contributed by atoms with E-state index in [2.05, 4.69) is 10.0 Å². The summed E-state index contributed by atoms with van der Waals surface area (Å²) in [6.45, 7) is 3.58. The van der Waals surface area contributed by atoms with Crippen molar-refractivity contribution in [3.8, 4) is 0 Å². The number of benzene rings is 3. The first-order chi connectivity index (χ1) is 13.2. The number of anilines is 2. The third-order valence-electron chi connectivity index (χ3n) is 4.15. The maximum Gasteiger partial charge on any atom is 0.261 e. The minimum atomic E-state index is -3.85. The Bertz CT molecular complexity index is 1130. The van der Waals surface area contributed by atoms with Gasteiger partial charge in [-0.05, 0) is 67.9 Å². The monoisotopic (exact) mass is 398 g/mol. The molecule has 2 N–H and O–H groups in total. The van der Waals surface area contributed by atoms with Crippen LogP contribution in [0.3, 0.4) is 0 Å². The summed E-state index contributed by atoms with van der Waals surface area (Å²) in [6, 6.07) is 16.7. The first-order valence-corrected chi connectivity index (χ1v) is 10.00. The Morgan fingerprint density at radius 2 is 1.64 bits per heavy atom. The van der Waals surface area contributed by atoms with Gasteiger partial charge in [-0.15, -0.1) is 0 Å². The number of sulfonamides is 1. The zero-order valence-electron chi connectivity index (χ0n) is 15.4. The molecule has 0 saturated heterocycles. The smallest absolute Gasteiger partial charge is 0.261 e. The van der Waals surface area contributed by atoms with E-state index in [1.807, 2.05) is 6.92 Å². The zero-order valence-corrected chi connectivity index (χ0v) is 16.2. The normalized spacial score (nSPS) is 11.1. The van der Waals surface area contributed by atoms with Crippen molar-refractivity contribution >= 4 is 27.3 Å². The minimum absolute atomic E-state index is 0.0310. The molecular formula is C21H19FN2O3S. The van der Waals surface area contributed by atoms with Crippen molar-refractivity contribution < 1.29 is 17.6 Å². The topological polar surface area (TPSA) is 75.3 Å². The Hall–Kier alpha value is -3.19. The lowest BCUT2D eigenvalue weighted by Gasteiger charge is -2.11. The molecule has 7 heteroatoms. The number of halogens is 1. The predicted octanol–water partition coefficient (Wildman–Crippen LogP) is 4.50. The van der Waals surface area contributed by atoms with Crippen LogP contribution in [0.25, 0.3) is 0 Å². The highest BCUT2D eigenvalue weighted by atomic mass is 32.2. The van der Waals surface area contributed by atoms with E-state index in [0.29, 0.717) is 16.9 Å². The van der Waals surface area contributed by atoms with Gasteiger partial charge in [0.1, 0.15) is 5.82 Å². The molecule has 1 amide bonds. The molecule has 0 bridgehead atoms. The average molecular weight is 398 g/mol. The molecule has 0 aliphatic carbocycles. The molecule has 144 valence electrons. The highest BCUT2D eigenvalue weighted by Crippen LogP contribution is 2.20. The van der Waals surface area contributed by atoms with Gasteiger partial charge in [-0.3, -0.25) is 9.52 Å². The summed E-state index contributed by atoms with van der Waals surface area (Å²) in [6.07, 6.45) is 0. The first kappa shape index (κ1) is 19.6. The predicted molar refractivity (Wildman–Crippen MR) is 108 cm³/mol. The lowest BCUT2D eigenvalue weighted by molar-refractivity contribution is 0.102. The van der Waals surface area contributed by atoms with E-state index < -0.39 is 21.7 Å². The molecule has 0 fully saturated rings. The fraction of sp³-hybridized carbons (Fsp3) is 0.0952. The highest BCUT2D eigenvalue weighted by Gasteiger charge is 2.17. The van der Waals surface area contributed by atoms with Crippen molar-refractivity contribution in [3.63, 3.8) is 0 Å². The molecule has 0 heterocycles. The number of carbonyl (C=O) groups excluding carboxylic acids is 1. The number of rotatable bonds is 5. The summed E-state index contributed by atoms with van der Waals surface area (Å²) < 4.78 is 41.0. The van der Waals surface area contributed by atoms with Gasteiger partial charge < -0.3 is 5.32 Å². The molecule has 0 aliphatic heterocycles. The van der Waals surface area contributed by atoms with E-state index in [0.717, 1.165) is 5.56 Å². The number of amides is 1. The molecule has 3 rings (SSSR count).